The zero-order chi connectivity index (χ0) is 22.9. The molecule has 0 saturated carbocycles. The molecule has 1 aromatic heterocycles. The summed E-state index contributed by atoms with van der Waals surface area (Å²) in [5, 5.41) is 26.3. The Morgan fingerprint density at radius 1 is 1.13 bits per heavy atom. The molecule has 1 heterocycles. The van der Waals surface area contributed by atoms with Crippen LogP contribution in [0.2, 0.25) is 0 Å². The number of aliphatic carboxylic acids is 2. The molecular weight excluding hydrogens is 414 g/mol. The van der Waals surface area contributed by atoms with Gasteiger partial charge in [0.05, 0.1) is 24.1 Å². The third-order valence-corrected chi connectivity index (χ3v) is 5.56. The Hall–Kier alpha value is -2.47. The minimum Gasteiger partial charge on any atom is -0.481 e. The minimum atomic E-state index is -3.29. The fourth-order valence-electron chi connectivity index (χ4n) is 2.67. The molecule has 0 aliphatic rings. The molecule has 0 radical (unpaired) electrons. The number of carboxylic acid groups (broad SMARTS) is 2. The van der Waals surface area contributed by atoms with Gasteiger partial charge in [-0.1, -0.05) is 6.07 Å². The number of nitrogens with zero attached hydrogens (tertiary/aromatic N) is 2. The molecule has 0 saturated heterocycles. The number of fused-ring (bicyclic) bond motifs is 1. The van der Waals surface area contributed by atoms with E-state index in [1.165, 1.54) is 7.05 Å². The monoisotopic (exact) mass is 443 g/mol. The molecule has 0 amide bonds. The minimum absolute atomic E-state index is 0.0448. The maximum atomic E-state index is 11.7. The third kappa shape index (κ3) is 8.49. The standard InChI is InChI=1S/C15H23N3O3S.C4H6O4/c1-16-22(20,21)10-12-4-5-15-14(8-12)13(6-7-17(2)3)9-18(15)11-19;5-3(6)1-2-4(7)8/h4-5,8-9,16,19H,6-7,10-11H2,1-3H3;1-2H2,(H,5,6)(H,7,8). The van der Waals surface area contributed by atoms with Crippen LogP contribution in [-0.4, -0.2) is 72.8 Å². The van der Waals surface area contributed by atoms with Crippen LogP contribution in [0.1, 0.15) is 24.0 Å². The number of aliphatic hydroxyl groups excluding tert-OH is 1. The number of likely N-dealkylation sites (N-methyl/N-ethyl adjacent to an activating group) is 1. The van der Waals surface area contributed by atoms with Crippen LogP contribution >= 0.6 is 0 Å². The lowest BCUT2D eigenvalue weighted by Gasteiger charge is -2.08. The number of nitrogens with one attached hydrogen (secondary N) is 1. The van der Waals surface area contributed by atoms with Crippen molar-refractivity contribution in [1.29, 1.82) is 0 Å². The van der Waals surface area contributed by atoms with Gasteiger partial charge in [-0.25, -0.2) is 13.1 Å². The van der Waals surface area contributed by atoms with E-state index in [-0.39, 0.29) is 25.3 Å². The van der Waals surface area contributed by atoms with Gasteiger partial charge in [0.1, 0.15) is 6.73 Å². The van der Waals surface area contributed by atoms with Gasteiger partial charge in [-0.05, 0) is 50.8 Å². The Kier molecular flexibility index (Phi) is 9.93. The van der Waals surface area contributed by atoms with Crippen molar-refractivity contribution < 1.29 is 33.3 Å². The van der Waals surface area contributed by atoms with Gasteiger partial charge >= 0.3 is 11.9 Å². The summed E-state index contributed by atoms with van der Waals surface area (Å²) in [7, 11) is 2.14. The van der Waals surface area contributed by atoms with Gasteiger partial charge in [-0.15, -0.1) is 0 Å². The van der Waals surface area contributed by atoms with E-state index in [1.807, 2.05) is 32.4 Å². The van der Waals surface area contributed by atoms with Crippen LogP contribution in [-0.2, 0) is 38.5 Å². The second-order valence-electron chi connectivity index (χ2n) is 6.92. The van der Waals surface area contributed by atoms with Gasteiger partial charge < -0.3 is 24.8 Å². The summed E-state index contributed by atoms with van der Waals surface area (Å²) in [5.74, 6) is -2.20. The zero-order valence-corrected chi connectivity index (χ0v) is 18.1. The van der Waals surface area contributed by atoms with Crippen LogP contribution in [0, 0.1) is 0 Å². The van der Waals surface area contributed by atoms with E-state index in [0.717, 1.165) is 35.0 Å². The van der Waals surface area contributed by atoms with Crippen molar-refractivity contribution in [3.8, 4) is 0 Å². The summed E-state index contributed by atoms with van der Waals surface area (Å²) >= 11 is 0. The van der Waals surface area contributed by atoms with E-state index in [0.29, 0.717) is 0 Å². The van der Waals surface area contributed by atoms with Crippen molar-refractivity contribution in [2.75, 3.05) is 27.7 Å². The molecule has 11 heteroatoms. The molecule has 2 rings (SSSR count). The highest BCUT2D eigenvalue weighted by atomic mass is 32.2. The smallest absolute Gasteiger partial charge is 0.303 e. The predicted octanol–water partition coefficient (Wildman–Crippen LogP) is 0.680. The molecule has 0 fully saturated rings. The molecule has 0 bridgehead atoms. The van der Waals surface area contributed by atoms with Crippen molar-refractivity contribution in [2.45, 2.75) is 31.7 Å². The van der Waals surface area contributed by atoms with Crippen LogP contribution < -0.4 is 4.72 Å². The molecule has 0 unspecified atom stereocenters. The van der Waals surface area contributed by atoms with Crippen molar-refractivity contribution in [3.05, 3.63) is 35.5 Å². The highest BCUT2D eigenvalue weighted by molar-refractivity contribution is 7.88. The number of aliphatic hydroxyl groups is 1. The SMILES string of the molecule is CNS(=O)(=O)Cc1ccc2c(c1)c(CCN(C)C)cn2CO.O=C(O)CCC(=O)O. The van der Waals surface area contributed by atoms with E-state index in [2.05, 4.69) is 9.62 Å². The van der Waals surface area contributed by atoms with Gasteiger partial charge in [-0.2, -0.15) is 0 Å². The lowest BCUT2D eigenvalue weighted by molar-refractivity contribution is -0.143. The molecule has 4 N–H and O–H groups in total. The van der Waals surface area contributed by atoms with E-state index in [4.69, 9.17) is 10.2 Å². The quantitative estimate of drug-likeness (QED) is 0.419. The Balaban J connectivity index is 0.000000479. The van der Waals surface area contributed by atoms with Crippen molar-refractivity contribution in [1.82, 2.24) is 14.2 Å². The Bertz CT molecular complexity index is 954. The first-order valence-corrected chi connectivity index (χ1v) is 10.8. The average molecular weight is 444 g/mol. The lowest BCUT2D eigenvalue weighted by atomic mass is 10.1. The maximum absolute atomic E-state index is 11.7. The van der Waals surface area contributed by atoms with E-state index in [1.54, 1.807) is 10.6 Å². The summed E-state index contributed by atoms with van der Waals surface area (Å²) in [6.45, 7) is 0.802. The molecule has 0 aliphatic carbocycles. The second-order valence-corrected chi connectivity index (χ2v) is 8.85. The molecule has 30 heavy (non-hydrogen) atoms. The predicted molar refractivity (Wildman–Crippen MR) is 113 cm³/mol. The molecule has 0 aliphatic heterocycles. The maximum Gasteiger partial charge on any atom is 0.303 e. The number of sulfonamides is 1. The van der Waals surface area contributed by atoms with Crippen LogP contribution in [0.3, 0.4) is 0 Å². The molecule has 1 aromatic carbocycles. The normalized spacial score (nSPS) is 11.4. The summed E-state index contributed by atoms with van der Waals surface area (Å²) in [4.78, 5) is 21.4. The summed E-state index contributed by atoms with van der Waals surface area (Å²) in [6, 6.07) is 5.56. The molecule has 0 atom stereocenters. The third-order valence-electron chi connectivity index (χ3n) is 4.23. The number of carbonyl (C=O) groups is 2. The highest BCUT2D eigenvalue weighted by Gasteiger charge is 2.13. The Morgan fingerprint density at radius 2 is 1.73 bits per heavy atom. The topological polar surface area (TPSA) is 149 Å². The average Bonchev–Trinajstić information content (AvgIpc) is 3.02. The fourth-order valence-corrected chi connectivity index (χ4v) is 3.44. The van der Waals surface area contributed by atoms with Crippen LogP contribution in [0.4, 0.5) is 0 Å². The highest BCUT2D eigenvalue weighted by Crippen LogP contribution is 2.24. The largest absolute Gasteiger partial charge is 0.481 e. The zero-order valence-electron chi connectivity index (χ0n) is 17.3. The summed E-state index contributed by atoms with van der Waals surface area (Å²) < 4.78 is 27.5. The van der Waals surface area contributed by atoms with E-state index in [9.17, 15) is 23.1 Å². The fraction of sp³-hybridized carbons (Fsp3) is 0.474. The molecule has 2 aromatic rings. The first-order chi connectivity index (χ1) is 14.0. The summed E-state index contributed by atoms with van der Waals surface area (Å²) in [5.41, 5.74) is 2.77. The van der Waals surface area contributed by atoms with E-state index >= 15 is 0 Å². The molecular formula is C19H29N3O7S. The number of hydrogen-bond acceptors (Lipinski definition) is 6. The number of benzene rings is 1. The van der Waals surface area contributed by atoms with Crippen molar-refractivity contribution in [2.24, 2.45) is 0 Å². The molecule has 168 valence electrons. The number of carboxylic acids is 2. The van der Waals surface area contributed by atoms with Gasteiger partial charge in [0.15, 0.2) is 0 Å². The van der Waals surface area contributed by atoms with Gasteiger partial charge in [0.2, 0.25) is 10.0 Å². The lowest BCUT2D eigenvalue weighted by Crippen LogP contribution is -2.20. The Labute approximate surface area is 175 Å². The number of rotatable bonds is 10. The first-order valence-electron chi connectivity index (χ1n) is 9.20. The molecule has 0 spiro atoms. The van der Waals surface area contributed by atoms with Gasteiger partial charge in [0, 0.05) is 18.1 Å². The van der Waals surface area contributed by atoms with Gasteiger partial charge in [0.25, 0.3) is 0 Å². The molecule has 10 nitrogen and oxygen atoms in total. The summed E-state index contributed by atoms with van der Waals surface area (Å²) in [6.07, 6.45) is 2.19. The van der Waals surface area contributed by atoms with Crippen LogP contribution in [0.15, 0.2) is 24.4 Å². The second kappa shape index (κ2) is 11.6. The first kappa shape index (κ1) is 25.6. The Morgan fingerprint density at radius 3 is 2.20 bits per heavy atom. The van der Waals surface area contributed by atoms with Crippen LogP contribution in [0.25, 0.3) is 10.9 Å². The van der Waals surface area contributed by atoms with Crippen molar-refractivity contribution >= 4 is 32.9 Å². The van der Waals surface area contributed by atoms with E-state index < -0.39 is 22.0 Å². The van der Waals surface area contributed by atoms with Gasteiger partial charge in [-0.3, -0.25) is 9.59 Å². The number of hydrogen-bond donors (Lipinski definition) is 4. The number of aromatic nitrogens is 1. The van der Waals surface area contributed by atoms with Crippen molar-refractivity contribution in [3.63, 3.8) is 0 Å². The van der Waals surface area contributed by atoms with Crippen LogP contribution in [0.5, 0.6) is 0 Å².